The van der Waals surface area contributed by atoms with E-state index in [9.17, 15) is 23.6 Å². The average Bonchev–Trinajstić information content (AvgIpc) is 2.61. The minimum Gasteiger partial charge on any atom is -0.454 e. The molecule has 0 radical (unpaired) electrons. The first-order valence-electron chi connectivity index (χ1n) is 7.41. The van der Waals surface area contributed by atoms with Crippen molar-refractivity contribution in [2.24, 2.45) is 14.1 Å². The lowest BCUT2D eigenvalue weighted by atomic mass is 10.2. The van der Waals surface area contributed by atoms with E-state index in [1.54, 1.807) is 6.07 Å². The smallest absolute Gasteiger partial charge is 0.332 e. The highest BCUT2D eigenvalue weighted by Crippen LogP contribution is 2.07. The van der Waals surface area contributed by atoms with Crippen molar-refractivity contribution < 1.29 is 18.7 Å². The lowest BCUT2D eigenvalue weighted by Crippen LogP contribution is -2.42. The first-order valence-corrected chi connectivity index (χ1v) is 7.41. The van der Waals surface area contributed by atoms with E-state index in [1.165, 1.54) is 38.4 Å². The number of anilines is 1. The summed E-state index contributed by atoms with van der Waals surface area (Å²) in [6.45, 7) is -0.732. The summed E-state index contributed by atoms with van der Waals surface area (Å²) in [6, 6.07) is 5.52. The molecule has 2 rings (SSSR count). The Morgan fingerprint density at radius 3 is 2.58 bits per heavy atom. The Morgan fingerprint density at radius 2 is 1.92 bits per heavy atom. The monoisotopic (exact) mass is 361 g/mol. The van der Waals surface area contributed by atoms with E-state index in [0.717, 1.165) is 15.2 Å². The van der Waals surface area contributed by atoms with Crippen molar-refractivity contribution in [3.63, 3.8) is 0 Å². The topological polar surface area (TPSA) is 113 Å². The highest BCUT2D eigenvalue weighted by molar-refractivity contribution is 6.01. The number of ketones is 1. The van der Waals surface area contributed by atoms with Crippen LogP contribution in [0.2, 0.25) is 0 Å². The maximum Gasteiger partial charge on any atom is 0.332 e. The van der Waals surface area contributed by atoms with Crippen LogP contribution in [-0.4, -0.2) is 27.5 Å². The Kier molecular flexibility index (Phi) is 5.51. The quantitative estimate of drug-likeness (QED) is 0.464. The van der Waals surface area contributed by atoms with E-state index in [1.807, 2.05) is 0 Å². The van der Waals surface area contributed by atoms with Gasteiger partial charge in [-0.3, -0.25) is 18.7 Å². The molecule has 1 heterocycles. The second-order valence-corrected chi connectivity index (χ2v) is 5.39. The molecular weight excluding hydrogens is 345 g/mol. The number of nitrogens with two attached hydrogens (primary N) is 1. The Morgan fingerprint density at radius 1 is 1.23 bits per heavy atom. The van der Waals surface area contributed by atoms with Gasteiger partial charge in [0.2, 0.25) is 5.78 Å². The van der Waals surface area contributed by atoms with Gasteiger partial charge in [-0.25, -0.2) is 14.0 Å². The van der Waals surface area contributed by atoms with Gasteiger partial charge in [-0.15, -0.1) is 0 Å². The molecule has 0 aliphatic rings. The number of hydrogen-bond donors (Lipinski definition) is 1. The number of nitrogen functional groups attached to an aromatic ring is 1. The van der Waals surface area contributed by atoms with E-state index in [0.29, 0.717) is 5.56 Å². The Balaban J connectivity index is 2.11. The second kappa shape index (κ2) is 7.60. The largest absolute Gasteiger partial charge is 0.454 e. The van der Waals surface area contributed by atoms with Gasteiger partial charge in [-0.2, -0.15) is 0 Å². The number of carbonyl (C=O) groups is 2. The molecule has 2 aromatic rings. The van der Waals surface area contributed by atoms with Gasteiger partial charge in [0, 0.05) is 20.2 Å². The number of halogens is 1. The molecule has 1 aromatic carbocycles. The first-order chi connectivity index (χ1) is 12.2. The molecule has 0 fully saturated rings. The Labute approximate surface area is 146 Å². The summed E-state index contributed by atoms with van der Waals surface area (Å²) in [7, 11) is 2.51. The van der Waals surface area contributed by atoms with Crippen LogP contribution in [0.15, 0.2) is 39.9 Å². The number of carbonyl (C=O) groups excluding carboxylic acids is 2. The summed E-state index contributed by atoms with van der Waals surface area (Å²) in [5.74, 6) is -2.47. The summed E-state index contributed by atoms with van der Waals surface area (Å²) in [5.41, 5.74) is 4.09. The van der Waals surface area contributed by atoms with Gasteiger partial charge in [-0.05, 0) is 23.8 Å². The van der Waals surface area contributed by atoms with Gasteiger partial charge in [0.25, 0.3) is 5.56 Å². The molecule has 0 spiro atoms. The minimum absolute atomic E-state index is 0.311. The van der Waals surface area contributed by atoms with Crippen molar-refractivity contribution in [1.29, 1.82) is 0 Å². The van der Waals surface area contributed by atoms with Gasteiger partial charge in [0.05, 0.1) is 0 Å². The first kappa shape index (κ1) is 18.8. The molecule has 0 unspecified atom stereocenters. The molecule has 0 atom stereocenters. The second-order valence-electron chi connectivity index (χ2n) is 5.39. The fourth-order valence-corrected chi connectivity index (χ4v) is 2.15. The van der Waals surface area contributed by atoms with Gasteiger partial charge in [0.1, 0.15) is 17.2 Å². The minimum atomic E-state index is -0.873. The third kappa shape index (κ3) is 3.94. The molecule has 26 heavy (non-hydrogen) atoms. The predicted octanol–water partition coefficient (Wildman–Crippen LogP) is 0.245. The summed E-state index contributed by atoms with van der Waals surface area (Å²) < 4.78 is 19.5. The fraction of sp³-hybridized carbons (Fsp3) is 0.176. The fourth-order valence-electron chi connectivity index (χ4n) is 2.15. The predicted molar refractivity (Wildman–Crippen MR) is 92.1 cm³/mol. The summed E-state index contributed by atoms with van der Waals surface area (Å²) in [5, 5.41) is 0. The molecular formula is C17H16FN3O5. The van der Waals surface area contributed by atoms with Crippen molar-refractivity contribution in [2.75, 3.05) is 12.3 Å². The van der Waals surface area contributed by atoms with Gasteiger partial charge in [0.15, 0.2) is 6.61 Å². The Hall–Kier alpha value is -3.49. The van der Waals surface area contributed by atoms with Crippen LogP contribution in [0, 0.1) is 5.82 Å². The molecule has 0 aliphatic carbocycles. The van der Waals surface area contributed by atoms with E-state index >= 15 is 0 Å². The normalized spacial score (nSPS) is 10.9. The van der Waals surface area contributed by atoms with E-state index < -0.39 is 41.0 Å². The van der Waals surface area contributed by atoms with Crippen LogP contribution in [0.3, 0.4) is 0 Å². The molecule has 2 N–H and O–H groups in total. The zero-order valence-electron chi connectivity index (χ0n) is 14.1. The third-order valence-electron chi connectivity index (χ3n) is 3.59. The van der Waals surface area contributed by atoms with Gasteiger partial charge >= 0.3 is 11.7 Å². The average molecular weight is 361 g/mol. The standard InChI is InChI=1S/C17H16FN3O5/c1-20-15(19)14(16(24)21(2)17(20)25)12(22)9-26-13(23)7-6-10-4-3-5-11(18)8-10/h3-8H,9,19H2,1-2H3. The Bertz CT molecular complexity index is 1020. The van der Waals surface area contributed by atoms with Crippen LogP contribution in [0.4, 0.5) is 10.2 Å². The number of esters is 1. The number of Topliss-reactive ketones (excluding diaryl/α,β-unsaturated/α-hetero) is 1. The van der Waals surface area contributed by atoms with Crippen molar-refractivity contribution >= 4 is 23.6 Å². The SMILES string of the molecule is Cn1c(N)c(C(=O)COC(=O)C=Cc2cccc(F)c2)c(=O)n(C)c1=O. The molecule has 136 valence electrons. The number of ether oxygens (including phenoxy) is 1. The van der Waals surface area contributed by atoms with Crippen molar-refractivity contribution in [3.8, 4) is 0 Å². The third-order valence-corrected chi connectivity index (χ3v) is 3.59. The molecule has 0 aliphatic heterocycles. The van der Waals surface area contributed by atoms with Crippen LogP contribution in [-0.2, 0) is 23.6 Å². The molecule has 0 saturated heterocycles. The van der Waals surface area contributed by atoms with Crippen LogP contribution >= 0.6 is 0 Å². The number of hydrogen-bond acceptors (Lipinski definition) is 6. The molecule has 9 heteroatoms. The van der Waals surface area contributed by atoms with Crippen LogP contribution in [0.5, 0.6) is 0 Å². The summed E-state index contributed by atoms with van der Waals surface area (Å²) in [6.07, 6.45) is 2.33. The highest BCUT2D eigenvalue weighted by atomic mass is 19.1. The van der Waals surface area contributed by atoms with Crippen molar-refractivity contribution in [2.45, 2.75) is 0 Å². The lowest BCUT2D eigenvalue weighted by Gasteiger charge is -2.10. The maximum absolute atomic E-state index is 13.0. The molecule has 0 saturated carbocycles. The summed E-state index contributed by atoms with van der Waals surface area (Å²) in [4.78, 5) is 47.6. The maximum atomic E-state index is 13.0. The molecule has 0 amide bonds. The number of nitrogens with zero attached hydrogens (tertiary/aromatic N) is 2. The summed E-state index contributed by atoms with van der Waals surface area (Å²) >= 11 is 0. The van der Waals surface area contributed by atoms with Gasteiger partial charge < -0.3 is 10.5 Å². The molecule has 8 nitrogen and oxygen atoms in total. The van der Waals surface area contributed by atoms with Crippen LogP contribution in [0.1, 0.15) is 15.9 Å². The van der Waals surface area contributed by atoms with Crippen LogP contribution in [0.25, 0.3) is 6.08 Å². The van der Waals surface area contributed by atoms with E-state index in [-0.39, 0.29) is 5.82 Å². The van der Waals surface area contributed by atoms with E-state index in [2.05, 4.69) is 0 Å². The molecule has 0 bridgehead atoms. The van der Waals surface area contributed by atoms with Crippen molar-refractivity contribution in [1.82, 2.24) is 9.13 Å². The van der Waals surface area contributed by atoms with Crippen LogP contribution < -0.4 is 17.0 Å². The number of aromatic nitrogens is 2. The van der Waals surface area contributed by atoms with Crippen molar-refractivity contribution in [3.05, 3.63) is 68.1 Å². The van der Waals surface area contributed by atoms with Gasteiger partial charge in [-0.1, -0.05) is 12.1 Å². The zero-order valence-corrected chi connectivity index (χ0v) is 14.1. The lowest BCUT2D eigenvalue weighted by molar-refractivity contribution is -0.136. The van der Waals surface area contributed by atoms with E-state index in [4.69, 9.17) is 10.5 Å². The highest BCUT2D eigenvalue weighted by Gasteiger charge is 2.21. The number of rotatable bonds is 5. The zero-order chi connectivity index (χ0) is 19.4. The number of benzene rings is 1. The molecule has 1 aromatic heterocycles.